The summed E-state index contributed by atoms with van der Waals surface area (Å²) < 4.78 is 21.7. The standard InChI is InChI=1S/C24H23FN6O2/c25-17-3-1-2-15(10-17)21-13-33-14-22-28-20-5-4-19(29-23(20)31(21)22)16-11-26-24(27-12-16)30-8-6-18(32)7-9-30/h1-5,10-12,18,21,32H,6-9,13-14H2. The largest absolute Gasteiger partial charge is 0.393 e. The van der Waals surface area contributed by atoms with Gasteiger partial charge in [0.2, 0.25) is 5.95 Å². The lowest BCUT2D eigenvalue weighted by atomic mass is 10.1. The van der Waals surface area contributed by atoms with E-state index in [1.807, 2.05) is 22.8 Å². The third kappa shape index (κ3) is 3.73. The Bertz CT molecular complexity index is 1300. The highest BCUT2D eigenvalue weighted by Crippen LogP contribution is 2.31. The Morgan fingerprint density at radius 2 is 1.85 bits per heavy atom. The molecule has 1 atom stereocenters. The topological polar surface area (TPSA) is 89.2 Å². The van der Waals surface area contributed by atoms with Crippen molar-refractivity contribution in [1.82, 2.24) is 24.5 Å². The minimum atomic E-state index is -0.279. The first kappa shape index (κ1) is 20.2. The van der Waals surface area contributed by atoms with Crippen LogP contribution in [0, 0.1) is 5.82 Å². The molecule has 2 aliphatic rings. The molecule has 1 fully saturated rings. The van der Waals surface area contributed by atoms with Crippen LogP contribution in [0.1, 0.15) is 30.3 Å². The number of hydrogen-bond acceptors (Lipinski definition) is 7. The summed E-state index contributed by atoms with van der Waals surface area (Å²) in [6, 6.07) is 10.2. The fourth-order valence-electron chi connectivity index (χ4n) is 4.59. The van der Waals surface area contributed by atoms with Gasteiger partial charge in [-0.3, -0.25) is 0 Å². The number of ether oxygens (including phenoxy) is 1. The number of nitrogens with zero attached hydrogens (tertiary/aromatic N) is 6. The van der Waals surface area contributed by atoms with Crippen LogP contribution in [-0.4, -0.2) is 55.4 Å². The molecule has 6 rings (SSSR count). The van der Waals surface area contributed by atoms with Gasteiger partial charge in [-0.15, -0.1) is 0 Å². The summed E-state index contributed by atoms with van der Waals surface area (Å²) in [5.74, 6) is 1.16. The predicted molar refractivity (Wildman–Crippen MR) is 120 cm³/mol. The van der Waals surface area contributed by atoms with Crippen LogP contribution in [0.5, 0.6) is 0 Å². The maximum Gasteiger partial charge on any atom is 0.225 e. The normalized spacial score (nSPS) is 19.1. The fraction of sp³-hybridized carbons (Fsp3) is 0.333. The van der Waals surface area contributed by atoms with Gasteiger partial charge >= 0.3 is 0 Å². The summed E-state index contributed by atoms with van der Waals surface area (Å²) in [5, 5.41) is 9.72. The predicted octanol–water partition coefficient (Wildman–Crippen LogP) is 3.11. The number of anilines is 1. The number of fused-ring (bicyclic) bond motifs is 3. The molecule has 1 saturated heterocycles. The van der Waals surface area contributed by atoms with Gasteiger partial charge in [0.1, 0.15) is 23.8 Å². The Hall–Kier alpha value is -3.43. The summed E-state index contributed by atoms with van der Waals surface area (Å²) in [5.41, 5.74) is 3.87. The van der Waals surface area contributed by atoms with Crippen molar-refractivity contribution >= 4 is 17.1 Å². The molecule has 33 heavy (non-hydrogen) atoms. The van der Waals surface area contributed by atoms with E-state index in [-0.39, 0.29) is 18.0 Å². The second-order valence-electron chi connectivity index (χ2n) is 8.51. The van der Waals surface area contributed by atoms with Gasteiger partial charge in [0.15, 0.2) is 5.65 Å². The number of benzene rings is 1. The number of aliphatic hydroxyl groups excluding tert-OH is 1. The number of pyridine rings is 1. The van der Waals surface area contributed by atoms with Crippen molar-refractivity contribution < 1.29 is 14.2 Å². The molecule has 9 heteroatoms. The highest BCUT2D eigenvalue weighted by Gasteiger charge is 2.27. The van der Waals surface area contributed by atoms with Gasteiger partial charge < -0.3 is 19.3 Å². The van der Waals surface area contributed by atoms with E-state index in [1.165, 1.54) is 12.1 Å². The summed E-state index contributed by atoms with van der Waals surface area (Å²) in [4.78, 5) is 20.8. The molecule has 0 radical (unpaired) electrons. The van der Waals surface area contributed by atoms with Crippen molar-refractivity contribution in [1.29, 1.82) is 0 Å². The molecule has 3 aromatic heterocycles. The summed E-state index contributed by atoms with van der Waals surface area (Å²) in [6.45, 7) is 2.31. The third-order valence-electron chi connectivity index (χ3n) is 6.34. The molecule has 1 unspecified atom stereocenters. The van der Waals surface area contributed by atoms with E-state index in [0.717, 1.165) is 59.7 Å². The molecule has 1 aromatic carbocycles. The maximum absolute atomic E-state index is 13.9. The number of imidazole rings is 1. The maximum atomic E-state index is 13.9. The molecule has 0 amide bonds. The number of halogens is 1. The van der Waals surface area contributed by atoms with E-state index >= 15 is 0 Å². The molecule has 4 aromatic rings. The molecule has 5 heterocycles. The van der Waals surface area contributed by atoms with E-state index in [0.29, 0.717) is 19.2 Å². The van der Waals surface area contributed by atoms with Crippen LogP contribution in [-0.2, 0) is 11.3 Å². The number of piperidine rings is 1. The second kappa shape index (κ2) is 8.17. The molecule has 168 valence electrons. The average Bonchev–Trinajstić information content (AvgIpc) is 3.23. The third-order valence-corrected chi connectivity index (χ3v) is 6.34. The van der Waals surface area contributed by atoms with Crippen molar-refractivity contribution in [2.45, 2.75) is 31.6 Å². The van der Waals surface area contributed by atoms with E-state index in [9.17, 15) is 9.50 Å². The van der Waals surface area contributed by atoms with Gasteiger partial charge in [-0.2, -0.15) is 0 Å². The van der Waals surface area contributed by atoms with E-state index < -0.39 is 0 Å². The molecular formula is C24H23FN6O2. The molecule has 0 saturated carbocycles. The van der Waals surface area contributed by atoms with Gasteiger partial charge in [-0.25, -0.2) is 24.3 Å². The first-order chi connectivity index (χ1) is 16.2. The van der Waals surface area contributed by atoms with Crippen LogP contribution < -0.4 is 4.90 Å². The van der Waals surface area contributed by atoms with Gasteiger partial charge in [0, 0.05) is 31.0 Å². The van der Waals surface area contributed by atoms with Crippen LogP contribution in [0.25, 0.3) is 22.4 Å². The fourth-order valence-corrected chi connectivity index (χ4v) is 4.59. The smallest absolute Gasteiger partial charge is 0.225 e. The summed E-state index contributed by atoms with van der Waals surface area (Å²) in [6.07, 6.45) is 4.78. The number of aliphatic hydroxyl groups is 1. The van der Waals surface area contributed by atoms with Crippen molar-refractivity contribution in [3.8, 4) is 11.3 Å². The van der Waals surface area contributed by atoms with Gasteiger partial charge in [-0.1, -0.05) is 12.1 Å². The SMILES string of the molecule is OC1CCN(c2ncc(-c3ccc4nc5n(c4n3)C(c3cccc(F)c3)COC5)cn2)CC1. The van der Waals surface area contributed by atoms with Gasteiger partial charge in [0.05, 0.1) is 24.4 Å². The molecule has 0 aliphatic carbocycles. The van der Waals surface area contributed by atoms with Crippen LogP contribution >= 0.6 is 0 Å². The molecule has 8 nitrogen and oxygen atoms in total. The minimum Gasteiger partial charge on any atom is -0.393 e. The Morgan fingerprint density at radius 1 is 1.03 bits per heavy atom. The lowest BCUT2D eigenvalue weighted by Gasteiger charge is -2.29. The quantitative estimate of drug-likeness (QED) is 0.517. The zero-order valence-electron chi connectivity index (χ0n) is 17.9. The first-order valence-corrected chi connectivity index (χ1v) is 11.1. The zero-order valence-corrected chi connectivity index (χ0v) is 17.9. The highest BCUT2D eigenvalue weighted by atomic mass is 19.1. The Kier molecular flexibility index (Phi) is 5.00. The van der Waals surface area contributed by atoms with Crippen LogP contribution in [0.4, 0.5) is 10.3 Å². The zero-order chi connectivity index (χ0) is 22.4. The van der Waals surface area contributed by atoms with Crippen molar-refractivity contribution in [2.75, 3.05) is 24.6 Å². The van der Waals surface area contributed by atoms with E-state index in [2.05, 4.69) is 14.9 Å². The van der Waals surface area contributed by atoms with Gasteiger partial charge in [0.25, 0.3) is 0 Å². The average molecular weight is 446 g/mol. The monoisotopic (exact) mass is 446 g/mol. The van der Waals surface area contributed by atoms with Gasteiger partial charge in [-0.05, 0) is 42.7 Å². The summed E-state index contributed by atoms with van der Waals surface area (Å²) in [7, 11) is 0. The van der Waals surface area contributed by atoms with Crippen LogP contribution in [0.2, 0.25) is 0 Å². The van der Waals surface area contributed by atoms with Crippen molar-refractivity contribution in [3.63, 3.8) is 0 Å². The van der Waals surface area contributed by atoms with Crippen LogP contribution in [0.3, 0.4) is 0 Å². The molecule has 0 bridgehead atoms. The minimum absolute atomic E-state index is 0.203. The lowest BCUT2D eigenvalue weighted by Crippen LogP contribution is -2.36. The summed E-state index contributed by atoms with van der Waals surface area (Å²) >= 11 is 0. The van der Waals surface area contributed by atoms with Crippen molar-refractivity contribution in [3.05, 3.63) is 66.0 Å². The highest BCUT2D eigenvalue weighted by molar-refractivity contribution is 5.76. The Balaban J connectivity index is 1.35. The van der Waals surface area contributed by atoms with E-state index in [4.69, 9.17) is 14.7 Å². The number of aromatic nitrogens is 5. The molecular weight excluding hydrogens is 423 g/mol. The van der Waals surface area contributed by atoms with Crippen LogP contribution in [0.15, 0.2) is 48.8 Å². The second-order valence-corrected chi connectivity index (χ2v) is 8.51. The molecule has 2 aliphatic heterocycles. The first-order valence-electron chi connectivity index (χ1n) is 11.1. The number of rotatable bonds is 3. The molecule has 1 N–H and O–H groups in total. The Labute approximate surface area is 189 Å². The molecule has 0 spiro atoms. The van der Waals surface area contributed by atoms with E-state index in [1.54, 1.807) is 18.5 Å². The lowest BCUT2D eigenvalue weighted by molar-refractivity contribution is 0.0676. The number of hydrogen-bond donors (Lipinski definition) is 1. The Morgan fingerprint density at radius 3 is 2.64 bits per heavy atom. The van der Waals surface area contributed by atoms with Crippen molar-refractivity contribution in [2.24, 2.45) is 0 Å².